The molecule has 4 nitrogen and oxygen atoms in total. The van der Waals surface area contributed by atoms with Crippen molar-refractivity contribution in [3.63, 3.8) is 0 Å². The van der Waals surface area contributed by atoms with Gasteiger partial charge >= 0.3 is 0 Å². The van der Waals surface area contributed by atoms with Crippen molar-refractivity contribution in [1.29, 1.82) is 0 Å². The molecule has 0 amide bonds. The number of fused-ring (bicyclic) bond motifs is 1. The number of hydrogen-bond donors (Lipinski definition) is 1. The van der Waals surface area contributed by atoms with Gasteiger partial charge in [-0.3, -0.25) is 10.1 Å². The van der Waals surface area contributed by atoms with Gasteiger partial charge in [0.05, 0.1) is 11.6 Å². The second-order valence-electron chi connectivity index (χ2n) is 6.44. The van der Waals surface area contributed by atoms with E-state index in [2.05, 4.69) is 4.98 Å². The van der Waals surface area contributed by atoms with Gasteiger partial charge in [-0.05, 0) is 34.9 Å². The van der Waals surface area contributed by atoms with Crippen LogP contribution >= 0.6 is 0 Å². The van der Waals surface area contributed by atoms with E-state index in [0.717, 1.165) is 33.3 Å². The molecular weight excluding hydrogens is 343 g/mol. The Hall–Kier alpha value is -3.47. The van der Waals surface area contributed by atoms with Crippen molar-refractivity contribution in [2.75, 3.05) is 6.54 Å². The van der Waals surface area contributed by atoms with E-state index in [4.69, 9.17) is 0 Å². The van der Waals surface area contributed by atoms with Crippen molar-refractivity contribution in [2.24, 2.45) is 0 Å². The quantitative estimate of drug-likeness (QED) is 0.383. The number of nitro groups is 1. The summed E-state index contributed by atoms with van der Waals surface area (Å²) in [6.45, 7) is -0.271. The Morgan fingerprint density at radius 2 is 1.59 bits per heavy atom. The highest BCUT2D eigenvalue weighted by atomic mass is 19.1. The zero-order valence-electron chi connectivity index (χ0n) is 14.4. The maximum atomic E-state index is 13.4. The number of benzene rings is 3. The number of rotatable bonds is 5. The molecule has 0 unspecified atom stereocenters. The standard InChI is InChI=1S/C22H17FN2O2/c23-17-12-10-15(11-13-17)19(14-25(26)27)21-18-8-4-5-9-20(18)24-22(21)16-6-2-1-3-7-16/h1-13,19,24H,14H2/t19-/m1/s1. The molecule has 1 N–H and O–H groups in total. The monoisotopic (exact) mass is 360 g/mol. The number of halogens is 1. The molecular formula is C22H17FN2O2. The molecule has 0 radical (unpaired) electrons. The van der Waals surface area contributed by atoms with Crippen LogP contribution in [-0.4, -0.2) is 16.5 Å². The van der Waals surface area contributed by atoms with Gasteiger partial charge in [0, 0.05) is 15.8 Å². The normalized spacial score (nSPS) is 12.2. The summed E-state index contributed by atoms with van der Waals surface area (Å²) in [5.41, 5.74) is 4.31. The number of nitrogens with one attached hydrogen (secondary N) is 1. The van der Waals surface area contributed by atoms with Crippen molar-refractivity contribution in [1.82, 2.24) is 4.98 Å². The second-order valence-corrected chi connectivity index (χ2v) is 6.44. The first-order chi connectivity index (χ1) is 13.1. The first kappa shape index (κ1) is 17.0. The lowest BCUT2D eigenvalue weighted by Gasteiger charge is -2.16. The van der Waals surface area contributed by atoms with Crippen molar-refractivity contribution in [3.05, 3.63) is 106 Å². The van der Waals surface area contributed by atoms with E-state index in [-0.39, 0.29) is 17.3 Å². The Morgan fingerprint density at radius 3 is 2.30 bits per heavy atom. The summed E-state index contributed by atoms with van der Waals surface area (Å²) in [6, 6.07) is 23.5. The van der Waals surface area contributed by atoms with Crippen LogP contribution in [0.25, 0.3) is 22.2 Å². The predicted octanol–water partition coefficient (Wildman–Crippen LogP) is 5.38. The van der Waals surface area contributed by atoms with Crippen LogP contribution < -0.4 is 0 Å². The molecule has 3 aromatic carbocycles. The lowest BCUT2D eigenvalue weighted by atomic mass is 9.87. The summed E-state index contributed by atoms with van der Waals surface area (Å²) in [4.78, 5) is 14.6. The molecule has 0 aliphatic carbocycles. The fraction of sp³-hybridized carbons (Fsp3) is 0.0909. The van der Waals surface area contributed by atoms with E-state index in [1.54, 1.807) is 12.1 Å². The van der Waals surface area contributed by atoms with Gasteiger partial charge in [0.25, 0.3) is 0 Å². The third kappa shape index (κ3) is 3.31. The summed E-state index contributed by atoms with van der Waals surface area (Å²) in [5, 5.41) is 12.4. The highest BCUT2D eigenvalue weighted by molar-refractivity contribution is 5.92. The molecule has 0 fully saturated rings. The molecule has 27 heavy (non-hydrogen) atoms. The van der Waals surface area contributed by atoms with Gasteiger partial charge < -0.3 is 4.98 Å². The average molecular weight is 360 g/mol. The average Bonchev–Trinajstić information content (AvgIpc) is 3.07. The summed E-state index contributed by atoms with van der Waals surface area (Å²) in [7, 11) is 0. The maximum absolute atomic E-state index is 13.4. The van der Waals surface area contributed by atoms with Crippen molar-refractivity contribution < 1.29 is 9.31 Å². The molecule has 134 valence electrons. The van der Waals surface area contributed by atoms with Gasteiger partial charge in [-0.15, -0.1) is 0 Å². The molecule has 4 rings (SSSR count). The van der Waals surface area contributed by atoms with Crippen LogP contribution in [0.15, 0.2) is 78.9 Å². The molecule has 5 heteroatoms. The molecule has 4 aromatic rings. The third-order valence-corrected chi connectivity index (χ3v) is 4.76. The largest absolute Gasteiger partial charge is 0.354 e. The minimum absolute atomic E-state index is 0.271. The summed E-state index contributed by atoms with van der Waals surface area (Å²) in [6.07, 6.45) is 0. The number of aromatic nitrogens is 1. The van der Waals surface area contributed by atoms with Gasteiger partial charge in [0.15, 0.2) is 0 Å². The van der Waals surface area contributed by atoms with Crippen LogP contribution in [-0.2, 0) is 0 Å². The predicted molar refractivity (Wildman–Crippen MR) is 104 cm³/mol. The highest BCUT2D eigenvalue weighted by Gasteiger charge is 2.27. The third-order valence-electron chi connectivity index (χ3n) is 4.76. The molecule has 0 aliphatic rings. The molecule has 1 heterocycles. The Labute approximate surface area is 155 Å². The van der Waals surface area contributed by atoms with Crippen molar-refractivity contribution >= 4 is 10.9 Å². The topological polar surface area (TPSA) is 58.9 Å². The zero-order valence-corrected chi connectivity index (χ0v) is 14.4. The Balaban J connectivity index is 1.98. The smallest absolute Gasteiger partial charge is 0.214 e. The second kappa shape index (κ2) is 7.03. The van der Waals surface area contributed by atoms with Crippen LogP contribution in [0.1, 0.15) is 17.0 Å². The van der Waals surface area contributed by atoms with Crippen LogP contribution in [0, 0.1) is 15.9 Å². The van der Waals surface area contributed by atoms with Crippen LogP contribution in [0.2, 0.25) is 0 Å². The molecule has 1 atom stereocenters. The molecule has 0 aliphatic heterocycles. The minimum atomic E-state index is -0.494. The fourth-order valence-corrected chi connectivity index (χ4v) is 3.57. The van der Waals surface area contributed by atoms with Gasteiger partial charge in [-0.1, -0.05) is 60.7 Å². The number of para-hydroxylation sites is 1. The highest BCUT2D eigenvalue weighted by Crippen LogP contribution is 2.38. The first-order valence-corrected chi connectivity index (χ1v) is 8.67. The van der Waals surface area contributed by atoms with Gasteiger partial charge in [0.1, 0.15) is 5.82 Å². The molecule has 1 aromatic heterocycles. The summed E-state index contributed by atoms with van der Waals surface area (Å²) in [5.74, 6) is -0.854. The molecule has 0 spiro atoms. The van der Waals surface area contributed by atoms with Crippen LogP contribution in [0.5, 0.6) is 0 Å². The Morgan fingerprint density at radius 1 is 0.926 bits per heavy atom. The summed E-state index contributed by atoms with van der Waals surface area (Å²) >= 11 is 0. The zero-order chi connectivity index (χ0) is 18.8. The Bertz CT molecular complexity index is 1090. The van der Waals surface area contributed by atoms with E-state index >= 15 is 0 Å². The van der Waals surface area contributed by atoms with E-state index in [9.17, 15) is 14.5 Å². The van der Waals surface area contributed by atoms with E-state index in [1.165, 1.54) is 12.1 Å². The lowest BCUT2D eigenvalue weighted by Crippen LogP contribution is -2.14. The number of aromatic amines is 1. The fourth-order valence-electron chi connectivity index (χ4n) is 3.57. The van der Waals surface area contributed by atoms with E-state index in [0.29, 0.717) is 0 Å². The van der Waals surface area contributed by atoms with Crippen LogP contribution in [0.4, 0.5) is 4.39 Å². The van der Waals surface area contributed by atoms with E-state index in [1.807, 2.05) is 54.6 Å². The number of H-pyrrole nitrogens is 1. The van der Waals surface area contributed by atoms with Crippen molar-refractivity contribution in [3.8, 4) is 11.3 Å². The van der Waals surface area contributed by atoms with E-state index < -0.39 is 5.92 Å². The summed E-state index contributed by atoms with van der Waals surface area (Å²) < 4.78 is 13.4. The number of nitrogens with zero attached hydrogens (tertiary/aromatic N) is 1. The first-order valence-electron chi connectivity index (χ1n) is 8.67. The maximum Gasteiger partial charge on any atom is 0.214 e. The SMILES string of the molecule is O=[N+]([O-])C[C@H](c1ccc(F)cc1)c1c(-c2ccccc2)[nH]c2ccccc12. The van der Waals surface area contributed by atoms with Gasteiger partial charge in [-0.2, -0.15) is 0 Å². The molecule has 0 saturated carbocycles. The van der Waals surface area contributed by atoms with Crippen molar-refractivity contribution in [2.45, 2.75) is 5.92 Å². The van der Waals surface area contributed by atoms with Gasteiger partial charge in [0.2, 0.25) is 6.54 Å². The Kier molecular flexibility index (Phi) is 4.42. The molecule has 0 saturated heterocycles. The minimum Gasteiger partial charge on any atom is -0.354 e. The van der Waals surface area contributed by atoms with Gasteiger partial charge in [-0.25, -0.2) is 4.39 Å². The lowest BCUT2D eigenvalue weighted by molar-refractivity contribution is -0.481. The number of hydrogen-bond acceptors (Lipinski definition) is 2. The molecule has 0 bridgehead atoms. The van der Waals surface area contributed by atoms with Crippen LogP contribution in [0.3, 0.4) is 0 Å².